The first-order valence-electron chi connectivity index (χ1n) is 6.41. The molecule has 3 nitrogen and oxygen atoms in total. The Kier molecular flexibility index (Phi) is 3.19. The zero-order chi connectivity index (χ0) is 13.4. The summed E-state index contributed by atoms with van der Waals surface area (Å²) >= 11 is 3.57. The quantitative estimate of drug-likeness (QED) is 0.870. The molecule has 0 saturated heterocycles. The Bertz CT molecular complexity index is 592. The lowest BCUT2D eigenvalue weighted by Crippen LogP contribution is -2.31. The average Bonchev–Trinajstić information content (AvgIpc) is 2.38. The Labute approximate surface area is 121 Å². The molecule has 0 amide bonds. The third kappa shape index (κ3) is 2.21. The number of nitrogens with zero attached hydrogens (tertiary/aromatic N) is 2. The third-order valence-electron chi connectivity index (χ3n) is 3.52. The lowest BCUT2D eigenvalue weighted by Gasteiger charge is -2.35. The van der Waals surface area contributed by atoms with E-state index in [1.807, 2.05) is 0 Å². The van der Waals surface area contributed by atoms with Gasteiger partial charge in [-0.2, -0.15) is 0 Å². The van der Waals surface area contributed by atoms with Crippen LogP contribution in [0, 0.1) is 5.92 Å². The van der Waals surface area contributed by atoms with Gasteiger partial charge in [0.15, 0.2) is 0 Å². The monoisotopic (exact) mass is 317 g/mol. The standard InChI is InChI=1S/C15H16BrN3/c1-10-6-11-4-2-3-5-14(11)19(9-10)15-12(16)7-18-8-13(15)17/h2-5,7-8,10H,6,9,17H2,1H3. The summed E-state index contributed by atoms with van der Waals surface area (Å²) in [7, 11) is 0. The van der Waals surface area contributed by atoms with Gasteiger partial charge in [-0.25, -0.2) is 0 Å². The number of hydrogen-bond donors (Lipinski definition) is 1. The molecule has 2 aromatic rings. The summed E-state index contributed by atoms with van der Waals surface area (Å²) in [6.07, 6.45) is 4.63. The van der Waals surface area contributed by atoms with Crippen molar-refractivity contribution in [2.45, 2.75) is 13.3 Å². The summed E-state index contributed by atoms with van der Waals surface area (Å²) in [5.41, 5.74) is 10.5. The highest BCUT2D eigenvalue weighted by molar-refractivity contribution is 9.10. The molecule has 0 radical (unpaired) electrons. The van der Waals surface area contributed by atoms with E-state index in [0.29, 0.717) is 11.6 Å². The van der Waals surface area contributed by atoms with Crippen LogP contribution in [0.1, 0.15) is 12.5 Å². The summed E-state index contributed by atoms with van der Waals surface area (Å²) in [6.45, 7) is 3.25. The van der Waals surface area contributed by atoms with Crippen molar-refractivity contribution in [1.82, 2.24) is 4.98 Å². The van der Waals surface area contributed by atoms with E-state index in [1.165, 1.54) is 11.3 Å². The van der Waals surface area contributed by atoms with Crippen molar-refractivity contribution in [3.05, 3.63) is 46.7 Å². The molecule has 3 rings (SSSR count). The second-order valence-electron chi connectivity index (χ2n) is 5.11. The Morgan fingerprint density at radius 3 is 2.89 bits per heavy atom. The van der Waals surface area contributed by atoms with Gasteiger partial charge in [0.25, 0.3) is 0 Å². The van der Waals surface area contributed by atoms with E-state index in [1.54, 1.807) is 12.4 Å². The maximum atomic E-state index is 6.12. The predicted octanol–water partition coefficient (Wildman–Crippen LogP) is 3.76. The van der Waals surface area contributed by atoms with Gasteiger partial charge in [-0.1, -0.05) is 25.1 Å². The van der Waals surface area contributed by atoms with Gasteiger partial charge in [0.1, 0.15) is 0 Å². The van der Waals surface area contributed by atoms with Gasteiger partial charge in [0, 0.05) is 18.4 Å². The van der Waals surface area contributed by atoms with Gasteiger partial charge in [0.2, 0.25) is 0 Å². The predicted molar refractivity (Wildman–Crippen MR) is 82.7 cm³/mol. The van der Waals surface area contributed by atoms with E-state index in [-0.39, 0.29) is 0 Å². The normalized spacial score (nSPS) is 18.2. The van der Waals surface area contributed by atoms with Crippen molar-refractivity contribution >= 4 is 33.0 Å². The second-order valence-corrected chi connectivity index (χ2v) is 5.96. The number of hydrogen-bond acceptors (Lipinski definition) is 3. The van der Waals surface area contributed by atoms with E-state index in [9.17, 15) is 0 Å². The van der Waals surface area contributed by atoms with Crippen LogP contribution in [0.5, 0.6) is 0 Å². The minimum Gasteiger partial charge on any atom is -0.396 e. The molecule has 1 aliphatic rings. The number of anilines is 3. The molecule has 19 heavy (non-hydrogen) atoms. The Balaban J connectivity index is 2.16. The summed E-state index contributed by atoms with van der Waals surface area (Å²) in [4.78, 5) is 6.41. The van der Waals surface area contributed by atoms with Crippen LogP contribution < -0.4 is 10.6 Å². The maximum Gasteiger partial charge on any atom is 0.0820 e. The van der Waals surface area contributed by atoms with Gasteiger partial charge in [-0.05, 0) is 39.9 Å². The topological polar surface area (TPSA) is 42.1 Å². The Hall–Kier alpha value is -1.55. The zero-order valence-electron chi connectivity index (χ0n) is 10.8. The molecular formula is C15H16BrN3. The van der Waals surface area contributed by atoms with E-state index in [0.717, 1.165) is 23.1 Å². The molecule has 0 saturated carbocycles. The fourth-order valence-electron chi connectivity index (χ4n) is 2.74. The van der Waals surface area contributed by atoms with Crippen LogP contribution in [-0.4, -0.2) is 11.5 Å². The van der Waals surface area contributed by atoms with Crippen molar-refractivity contribution in [2.75, 3.05) is 17.2 Å². The first kappa shape index (κ1) is 12.5. The highest BCUT2D eigenvalue weighted by atomic mass is 79.9. The average molecular weight is 318 g/mol. The molecule has 1 aliphatic heterocycles. The van der Waals surface area contributed by atoms with Gasteiger partial charge in [-0.3, -0.25) is 4.98 Å². The van der Waals surface area contributed by atoms with Gasteiger partial charge in [-0.15, -0.1) is 0 Å². The molecule has 0 spiro atoms. The number of nitrogens with two attached hydrogens (primary N) is 1. The molecule has 1 aromatic carbocycles. The molecule has 0 fully saturated rings. The SMILES string of the molecule is CC1Cc2ccccc2N(c2c(N)cncc2Br)C1. The highest BCUT2D eigenvalue weighted by Gasteiger charge is 2.25. The van der Waals surface area contributed by atoms with Crippen molar-refractivity contribution in [2.24, 2.45) is 5.92 Å². The van der Waals surface area contributed by atoms with E-state index in [2.05, 4.69) is 57.0 Å². The summed E-state index contributed by atoms with van der Waals surface area (Å²) < 4.78 is 0.941. The maximum absolute atomic E-state index is 6.12. The summed E-state index contributed by atoms with van der Waals surface area (Å²) in [6, 6.07) is 8.53. The van der Waals surface area contributed by atoms with Crippen molar-refractivity contribution in [3.63, 3.8) is 0 Å². The van der Waals surface area contributed by atoms with Crippen LogP contribution in [-0.2, 0) is 6.42 Å². The molecular weight excluding hydrogens is 302 g/mol. The molecule has 98 valence electrons. The highest BCUT2D eigenvalue weighted by Crippen LogP contribution is 2.41. The summed E-state index contributed by atoms with van der Waals surface area (Å²) in [5, 5.41) is 0. The molecule has 1 aromatic heterocycles. The lowest BCUT2D eigenvalue weighted by atomic mass is 9.93. The Morgan fingerprint density at radius 2 is 2.11 bits per heavy atom. The number of halogens is 1. The van der Waals surface area contributed by atoms with E-state index < -0.39 is 0 Å². The zero-order valence-corrected chi connectivity index (χ0v) is 12.4. The number of para-hydroxylation sites is 1. The van der Waals surface area contributed by atoms with Crippen LogP contribution in [0.25, 0.3) is 0 Å². The number of nitrogen functional groups attached to an aromatic ring is 1. The molecule has 0 aliphatic carbocycles. The second kappa shape index (κ2) is 4.85. The van der Waals surface area contributed by atoms with Crippen molar-refractivity contribution < 1.29 is 0 Å². The fourth-order valence-corrected chi connectivity index (χ4v) is 3.30. The number of aromatic nitrogens is 1. The minimum atomic E-state index is 0.606. The fraction of sp³-hybridized carbons (Fsp3) is 0.267. The first-order chi connectivity index (χ1) is 9.16. The van der Waals surface area contributed by atoms with Crippen LogP contribution in [0.3, 0.4) is 0 Å². The number of rotatable bonds is 1. The van der Waals surface area contributed by atoms with Crippen molar-refractivity contribution in [1.29, 1.82) is 0 Å². The largest absolute Gasteiger partial charge is 0.396 e. The summed E-state index contributed by atoms with van der Waals surface area (Å²) in [5.74, 6) is 0.606. The molecule has 2 N–H and O–H groups in total. The minimum absolute atomic E-state index is 0.606. The van der Waals surface area contributed by atoms with E-state index >= 15 is 0 Å². The van der Waals surface area contributed by atoms with Crippen molar-refractivity contribution in [3.8, 4) is 0 Å². The van der Waals surface area contributed by atoms with Gasteiger partial charge >= 0.3 is 0 Å². The number of pyridine rings is 1. The Morgan fingerprint density at radius 1 is 1.32 bits per heavy atom. The lowest BCUT2D eigenvalue weighted by molar-refractivity contribution is 0.562. The molecule has 1 unspecified atom stereocenters. The third-order valence-corrected chi connectivity index (χ3v) is 4.10. The van der Waals surface area contributed by atoms with Gasteiger partial charge in [0.05, 0.1) is 22.0 Å². The number of benzene rings is 1. The molecule has 0 bridgehead atoms. The molecule has 1 atom stereocenters. The van der Waals surface area contributed by atoms with Crippen LogP contribution >= 0.6 is 15.9 Å². The van der Waals surface area contributed by atoms with Gasteiger partial charge < -0.3 is 10.6 Å². The van der Waals surface area contributed by atoms with E-state index in [4.69, 9.17) is 5.73 Å². The van der Waals surface area contributed by atoms with Crippen LogP contribution in [0.2, 0.25) is 0 Å². The van der Waals surface area contributed by atoms with Crippen LogP contribution in [0.4, 0.5) is 17.1 Å². The molecule has 4 heteroatoms. The number of fused-ring (bicyclic) bond motifs is 1. The first-order valence-corrected chi connectivity index (χ1v) is 7.20. The smallest absolute Gasteiger partial charge is 0.0820 e. The van der Waals surface area contributed by atoms with Crippen LogP contribution in [0.15, 0.2) is 41.1 Å². The molecule has 2 heterocycles.